The summed E-state index contributed by atoms with van der Waals surface area (Å²) in [5, 5.41) is 21.0. The van der Waals surface area contributed by atoms with Crippen LogP contribution in [0.25, 0.3) is 0 Å². The van der Waals surface area contributed by atoms with Gasteiger partial charge in [-0.1, -0.05) is 13.8 Å². The van der Waals surface area contributed by atoms with Gasteiger partial charge in [0.1, 0.15) is 0 Å². The number of carboxylic acids is 1. The molecule has 1 unspecified atom stereocenters. The molecule has 0 saturated carbocycles. The number of hydrogen-bond donors (Lipinski definition) is 2. The van der Waals surface area contributed by atoms with Crippen LogP contribution in [0.2, 0.25) is 0 Å². The van der Waals surface area contributed by atoms with Gasteiger partial charge in [0.2, 0.25) is 5.69 Å². The smallest absolute Gasteiger partial charge is 0.416 e. The number of rotatable bonds is 5. The minimum Gasteiger partial charge on any atom is -0.477 e. The van der Waals surface area contributed by atoms with E-state index in [-0.39, 0.29) is 11.6 Å². The van der Waals surface area contributed by atoms with Crippen LogP contribution >= 0.6 is 0 Å². The van der Waals surface area contributed by atoms with E-state index in [1.165, 1.54) is 0 Å². The van der Waals surface area contributed by atoms with Crippen molar-refractivity contribution in [3.05, 3.63) is 33.9 Å². The Morgan fingerprint density at radius 3 is 2.33 bits per heavy atom. The zero-order valence-corrected chi connectivity index (χ0v) is 11.2. The number of halogens is 3. The number of nitro groups is 1. The van der Waals surface area contributed by atoms with E-state index in [0.29, 0.717) is 12.1 Å². The molecule has 1 atom stereocenters. The first-order valence-electron chi connectivity index (χ1n) is 5.97. The number of nitrogens with zero attached hydrogens (tertiary/aromatic N) is 1. The Bertz CT molecular complexity index is 558. The fourth-order valence-corrected chi connectivity index (χ4v) is 1.76. The van der Waals surface area contributed by atoms with E-state index in [1.807, 2.05) is 0 Å². The normalized spacial score (nSPS) is 13.2. The van der Waals surface area contributed by atoms with E-state index in [4.69, 9.17) is 5.11 Å². The first kappa shape index (κ1) is 16.9. The van der Waals surface area contributed by atoms with E-state index in [0.717, 1.165) is 11.4 Å². The largest absolute Gasteiger partial charge is 0.477 e. The van der Waals surface area contributed by atoms with Gasteiger partial charge in [-0.05, 0) is 6.07 Å². The Kier molecular flexibility index (Phi) is 4.89. The molecule has 116 valence electrons. The quantitative estimate of drug-likeness (QED) is 0.493. The number of quaternary nitrogens is 1. The number of nitro benzene ring substituents is 1. The molecule has 3 N–H and O–H groups in total. The Balaban J connectivity index is 3.24. The molecular weight excluding hydrogens is 293 g/mol. The van der Waals surface area contributed by atoms with E-state index in [2.05, 4.69) is 0 Å². The van der Waals surface area contributed by atoms with Crippen LogP contribution < -0.4 is 5.32 Å². The number of aliphatic carboxylic acids is 1. The number of carboxylic acid groups (broad SMARTS) is 1. The lowest BCUT2D eigenvalue weighted by Crippen LogP contribution is -2.88. The molecule has 6 nitrogen and oxygen atoms in total. The first-order valence-corrected chi connectivity index (χ1v) is 5.97. The summed E-state index contributed by atoms with van der Waals surface area (Å²) >= 11 is 0. The Hall–Kier alpha value is -2.16. The molecule has 9 heteroatoms. The van der Waals surface area contributed by atoms with Gasteiger partial charge in [-0.2, -0.15) is 13.2 Å². The van der Waals surface area contributed by atoms with Gasteiger partial charge in [0, 0.05) is 18.1 Å². The van der Waals surface area contributed by atoms with Crippen LogP contribution in [0.5, 0.6) is 0 Å². The summed E-state index contributed by atoms with van der Waals surface area (Å²) in [7, 11) is 0. The zero-order chi connectivity index (χ0) is 16.4. The van der Waals surface area contributed by atoms with E-state index in [9.17, 15) is 28.1 Å². The summed E-state index contributed by atoms with van der Waals surface area (Å²) < 4.78 is 37.7. The summed E-state index contributed by atoms with van der Waals surface area (Å²) in [6, 6.07) is 0.989. The molecule has 0 aliphatic carbocycles. The van der Waals surface area contributed by atoms with Crippen molar-refractivity contribution in [2.75, 3.05) is 0 Å². The molecular formula is C12H14F3N2O4+. The van der Waals surface area contributed by atoms with Crippen LogP contribution in [0.1, 0.15) is 19.4 Å². The topological polar surface area (TPSA) is 97.0 Å². The van der Waals surface area contributed by atoms with Crippen molar-refractivity contribution in [2.45, 2.75) is 26.1 Å². The van der Waals surface area contributed by atoms with Crippen molar-refractivity contribution < 1.29 is 33.3 Å². The summed E-state index contributed by atoms with van der Waals surface area (Å²) in [4.78, 5) is 21.0. The second-order valence-corrected chi connectivity index (χ2v) is 4.80. The highest BCUT2D eigenvalue weighted by Gasteiger charge is 2.35. The maximum absolute atomic E-state index is 12.6. The minimum atomic E-state index is -4.70. The minimum absolute atomic E-state index is 0.144. The Labute approximate surface area is 117 Å². The lowest BCUT2D eigenvalue weighted by Gasteiger charge is -2.15. The fourth-order valence-electron chi connectivity index (χ4n) is 1.76. The third-order valence-corrected chi connectivity index (χ3v) is 2.92. The standard InChI is InChI=1S/C12H13F3N2O4/c1-6(2)10(11(18)19)16-8-4-3-7(12(13,14)15)5-9(8)17(20)21/h3-6,10,16H,1-2H3,(H,18,19)/p+1. The lowest BCUT2D eigenvalue weighted by molar-refractivity contribution is -0.609. The molecule has 1 rings (SSSR count). The molecule has 0 heterocycles. The van der Waals surface area contributed by atoms with Gasteiger partial charge in [-0.25, -0.2) is 4.79 Å². The number of benzene rings is 1. The molecule has 0 aliphatic rings. The van der Waals surface area contributed by atoms with Crippen molar-refractivity contribution in [3.63, 3.8) is 0 Å². The van der Waals surface area contributed by atoms with Gasteiger partial charge >= 0.3 is 17.8 Å². The molecule has 1 aromatic rings. The SMILES string of the molecule is CC(C)C([NH2+]c1ccc(C(F)(F)F)cc1[N+](=O)[O-])C(=O)O. The fraction of sp³-hybridized carbons (Fsp3) is 0.417. The maximum atomic E-state index is 12.6. The molecule has 0 aromatic heterocycles. The molecule has 21 heavy (non-hydrogen) atoms. The monoisotopic (exact) mass is 307 g/mol. The average Bonchev–Trinajstić information content (AvgIpc) is 2.33. The molecule has 0 aliphatic heterocycles. The summed E-state index contributed by atoms with van der Waals surface area (Å²) in [5.74, 6) is -1.55. The van der Waals surface area contributed by atoms with E-state index >= 15 is 0 Å². The molecule has 0 bridgehead atoms. The molecule has 0 fully saturated rings. The highest BCUT2D eigenvalue weighted by molar-refractivity contribution is 5.72. The van der Waals surface area contributed by atoms with Crippen molar-refractivity contribution in [2.24, 2.45) is 5.92 Å². The van der Waals surface area contributed by atoms with Crippen molar-refractivity contribution in [1.82, 2.24) is 0 Å². The van der Waals surface area contributed by atoms with Crippen LogP contribution in [-0.2, 0) is 11.0 Å². The Morgan fingerprint density at radius 1 is 1.38 bits per heavy atom. The highest BCUT2D eigenvalue weighted by Crippen LogP contribution is 2.33. The zero-order valence-electron chi connectivity index (χ0n) is 11.2. The number of carbonyl (C=O) groups is 1. The first-order chi connectivity index (χ1) is 9.54. The van der Waals surface area contributed by atoms with Crippen LogP contribution in [0.4, 0.5) is 24.5 Å². The second kappa shape index (κ2) is 6.08. The molecule has 0 saturated heterocycles. The second-order valence-electron chi connectivity index (χ2n) is 4.80. The predicted octanol–water partition coefficient (Wildman–Crippen LogP) is 1.92. The van der Waals surface area contributed by atoms with Crippen LogP contribution in [-0.4, -0.2) is 22.0 Å². The predicted molar refractivity (Wildman–Crippen MR) is 65.9 cm³/mol. The third-order valence-electron chi connectivity index (χ3n) is 2.92. The third kappa shape index (κ3) is 4.15. The number of alkyl halides is 3. The van der Waals surface area contributed by atoms with E-state index in [1.54, 1.807) is 13.8 Å². The summed E-state index contributed by atoms with van der Waals surface area (Å²) in [6.07, 6.45) is -4.70. The average molecular weight is 307 g/mol. The van der Waals surface area contributed by atoms with Gasteiger partial charge < -0.3 is 5.11 Å². The van der Waals surface area contributed by atoms with Crippen molar-refractivity contribution >= 4 is 17.3 Å². The van der Waals surface area contributed by atoms with Crippen LogP contribution in [0.15, 0.2) is 18.2 Å². The van der Waals surface area contributed by atoms with Crippen molar-refractivity contribution in [3.8, 4) is 0 Å². The maximum Gasteiger partial charge on any atom is 0.416 e. The molecule has 1 aromatic carbocycles. The van der Waals surface area contributed by atoms with Gasteiger partial charge in [0.05, 0.1) is 10.5 Å². The number of nitrogens with two attached hydrogens (primary N) is 1. The molecule has 0 radical (unpaired) electrons. The lowest BCUT2D eigenvalue weighted by atomic mass is 10.0. The van der Waals surface area contributed by atoms with Crippen LogP contribution in [0, 0.1) is 16.0 Å². The molecule has 0 spiro atoms. The summed E-state index contributed by atoms with van der Waals surface area (Å²) in [5.41, 5.74) is -2.06. The highest BCUT2D eigenvalue weighted by atomic mass is 19.4. The Morgan fingerprint density at radius 2 is 1.95 bits per heavy atom. The molecule has 0 amide bonds. The van der Waals surface area contributed by atoms with E-state index < -0.39 is 34.4 Å². The van der Waals surface area contributed by atoms with Crippen LogP contribution in [0.3, 0.4) is 0 Å². The van der Waals surface area contributed by atoms with Gasteiger partial charge in [-0.3, -0.25) is 15.4 Å². The summed E-state index contributed by atoms with van der Waals surface area (Å²) in [6.45, 7) is 3.20. The van der Waals surface area contributed by atoms with Crippen molar-refractivity contribution in [1.29, 1.82) is 0 Å². The van der Waals surface area contributed by atoms with Gasteiger partial charge in [0.15, 0.2) is 6.04 Å². The number of hydrogen-bond acceptors (Lipinski definition) is 3. The van der Waals surface area contributed by atoms with Gasteiger partial charge in [-0.15, -0.1) is 0 Å². The van der Waals surface area contributed by atoms with Gasteiger partial charge in [0.25, 0.3) is 0 Å².